The van der Waals surface area contributed by atoms with Gasteiger partial charge in [-0.1, -0.05) is 13.8 Å². The first-order valence-electron chi connectivity index (χ1n) is 4.68. The van der Waals surface area contributed by atoms with Gasteiger partial charge in [0.1, 0.15) is 0 Å². The van der Waals surface area contributed by atoms with Crippen molar-refractivity contribution in [1.29, 1.82) is 0 Å². The molecule has 1 amide bonds. The summed E-state index contributed by atoms with van der Waals surface area (Å²) in [5.41, 5.74) is -0.0305. The summed E-state index contributed by atoms with van der Waals surface area (Å²) in [5, 5.41) is 0. The normalized spacial score (nSPS) is 20.5. The molecule has 3 nitrogen and oxygen atoms in total. The summed E-state index contributed by atoms with van der Waals surface area (Å²) in [5.74, 6) is 0. The predicted octanol–water partition coefficient (Wildman–Crippen LogP) is 2.42. The van der Waals surface area contributed by atoms with Crippen molar-refractivity contribution in [2.75, 3.05) is 19.7 Å². The van der Waals surface area contributed by atoms with Gasteiger partial charge in [0, 0.05) is 13.1 Å². The average molecular weight is 225 g/mol. The number of hydrogen-bond donors (Lipinski definition) is 0. The molecule has 0 aliphatic carbocycles. The van der Waals surface area contributed by atoms with E-state index in [1.807, 2.05) is 13.8 Å². The number of alkyl halides is 3. The molecule has 0 aromatic rings. The van der Waals surface area contributed by atoms with Crippen LogP contribution in [-0.4, -0.2) is 36.9 Å². The van der Waals surface area contributed by atoms with Crippen molar-refractivity contribution >= 4 is 6.09 Å². The van der Waals surface area contributed by atoms with E-state index in [2.05, 4.69) is 4.74 Å². The van der Waals surface area contributed by atoms with Crippen molar-refractivity contribution in [2.24, 2.45) is 5.41 Å². The van der Waals surface area contributed by atoms with Crippen LogP contribution < -0.4 is 0 Å². The van der Waals surface area contributed by atoms with E-state index in [1.54, 1.807) is 0 Å². The fraction of sp³-hybridized carbons (Fsp3) is 0.889. The topological polar surface area (TPSA) is 29.5 Å². The summed E-state index contributed by atoms with van der Waals surface area (Å²) in [6.45, 7) is 3.32. The zero-order valence-electron chi connectivity index (χ0n) is 8.73. The third-order valence-electron chi connectivity index (χ3n) is 2.29. The van der Waals surface area contributed by atoms with Gasteiger partial charge in [0.2, 0.25) is 0 Å². The molecule has 1 fully saturated rings. The fourth-order valence-corrected chi connectivity index (χ4v) is 1.50. The Kier molecular flexibility index (Phi) is 3.16. The third kappa shape index (κ3) is 3.97. The first-order chi connectivity index (χ1) is 6.70. The van der Waals surface area contributed by atoms with Crippen molar-refractivity contribution in [3.05, 3.63) is 0 Å². The van der Waals surface area contributed by atoms with Crippen molar-refractivity contribution in [1.82, 2.24) is 4.90 Å². The second-order valence-corrected chi connectivity index (χ2v) is 4.51. The number of nitrogens with zero attached hydrogens (tertiary/aromatic N) is 1. The van der Waals surface area contributed by atoms with Crippen LogP contribution in [0, 0.1) is 5.41 Å². The number of ether oxygens (including phenoxy) is 1. The number of carbonyl (C=O) groups excluding carboxylic acids is 1. The molecular formula is C9H14F3NO2. The van der Waals surface area contributed by atoms with Gasteiger partial charge < -0.3 is 9.64 Å². The van der Waals surface area contributed by atoms with Crippen molar-refractivity contribution in [3.8, 4) is 0 Å². The summed E-state index contributed by atoms with van der Waals surface area (Å²) in [6, 6.07) is 0. The lowest BCUT2D eigenvalue weighted by molar-refractivity contribution is -0.162. The lowest BCUT2D eigenvalue weighted by Crippen LogP contribution is -2.33. The van der Waals surface area contributed by atoms with Gasteiger partial charge in [-0.25, -0.2) is 4.79 Å². The second-order valence-electron chi connectivity index (χ2n) is 4.51. The molecule has 0 saturated carbocycles. The van der Waals surface area contributed by atoms with E-state index in [4.69, 9.17) is 0 Å². The lowest BCUT2D eigenvalue weighted by Gasteiger charge is -2.19. The maximum Gasteiger partial charge on any atom is 0.422 e. The van der Waals surface area contributed by atoms with Crippen LogP contribution >= 0.6 is 0 Å². The first-order valence-corrected chi connectivity index (χ1v) is 4.68. The SMILES string of the molecule is CC1(C)CCN(C(=O)OCC(F)(F)F)C1. The Labute approximate surface area is 86.2 Å². The highest BCUT2D eigenvalue weighted by Gasteiger charge is 2.35. The van der Waals surface area contributed by atoms with Gasteiger partial charge in [0.05, 0.1) is 0 Å². The molecule has 0 radical (unpaired) electrons. The predicted molar refractivity (Wildman–Crippen MR) is 47.4 cm³/mol. The van der Waals surface area contributed by atoms with Crippen LogP contribution in [0.5, 0.6) is 0 Å². The average Bonchev–Trinajstić information content (AvgIpc) is 2.40. The molecule has 1 rings (SSSR count). The zero-order chi connectivity index (χ0) is 11.7. The minimum absolute atomic E-state index is 0.0305. The van der Waals surface area contributed by atoms with Crippen molar-refractivity contribution < 1.29 is 22.7 Å². The highest BCUT2D eigenvalue weighted by atomic mass is 19.4. The maximum atomic E-state index is 11.8. The van der Waals surface area contributed by atoms with Gasteiger partial charge >= 0.3 is 12.3 Å². The monoisotopic (exact) mass is 225 g/mol. The van der Waals surface area contributed by atoms with Crippen LogP contribution in [0.15, 0.2) is 0 Å². The molecule has 0 N–H and O–H groups in total. The summed E-state index contributed by atoms with van der Waals surface area (Å²) < 4.78 is 39.4. The van der Waals surface area contributed by atoms with E-state index in [-0.39, 0.29) is 5.41 Å². The van der Waals surface area contributed by atoms with E-state index >= 15 is 0 Å². The van der Waals surface area contributed by atoms with Crippen LogP contribution in [0.1, 0.15) is 20.3 Å². The number of halogens is 3. The van der Waals surface area contributed by atoms with Gasteiger partial charge in [0.15, 0.2) is 6.61 Å². The van der Waals surface area contributed by atoms with Crippen molar-refractivity contribution in [3.63, 3.8) is 0 Å². The Morgan fingerprint density at radius 2 is 2.07 bits per heavy atom. The largest absolute Gasteiger partial charge is 0.440 e. The number of amides is 1. The Balaban J connectivity index is 2.37. The Bertz CT molecular complexity index is 250. The molecule has 6 heteroatoms. The van der Waals surface area contributed by atoms with Gasteiger partial charge in [-0.3, -0.25) is 0 Å². The third-order valence-corrected chi connectivity index (χ3v) is 2.29. The maximum absolute atomic E-state index is 11.8. The standard InChI is InChI=1S/C9H14F3NO2/c1-8(2)3-4-13(5-8)7(14)15-6-9(10,11)12/h3-6H2,1-2H3. The Morgan fingerprint density at radius 3 is 2.47 bits per heavy atom. The molecule has 0 aromatic heterocycles. The molecule has 1 saturated heterocycles. The van der Waals surface area contributed by atoms with Crippen LogP contribution in [0.4, 0.5) is 18.0 Å². The molecule has 0 bridgehead atoms. The van der Waals surface area contributed by atoms with E-state index < -0.39 is 18.9 Å². The molecular weight excluding hydrogens is 211 g/mol. The summed E-state index contributed by atoms with van der Waals surface area (Å²) in [4.78, 5) is 12.5. The van der Waals surface area contributed by atoms with Gasteiger partial charge in [0.25, 0.3) is 0 Å². The van der Waals surface area contributed by atoms with Gasteiger partial charge in [-0.15, -0.1) is 0 Å². The Hall–Kier alpha value is -0.940. The lowest BCUT2D eigenvalue weighted by atomic mass is 9.93. The van der Waals surface area contributed by atoms with Crippen molar-refractivity contribution in [2.45, 2.75) is 26.4 Å². The number of likely N-dealkylation sites (tertiary alicyclic amines) is 1. The fourth-order valence-electron chi connectivity index (χ4n) is 1.50. The molecule has 0 spiro atoms. The summed E-state index contributed by atoms with van der Waals surface area (Å²) in [7, 11) is 0. The van der Waals surface area contributed by atoms with E-state index in [0.29, 0.717) is 13.1 Å². The van der Waals surface area contributed by atoms with E-state index in [1.165, 1.54) is 4.90 Å². The number of rotatable bonds is 1. The molecule has 0 unspecified atom stereocenters. The van der Waals surface area contributed by atoms with E-state index in [9.17, 15) is 18.0 Å². The van der Waals surface area contributed by atoms with Crippen LogP contribution in [0.3, 0.4) is 0 Å². The number of carbonyl (C=O) groups is 1. The minimum atomic E-state index is -4.45. The van der Waals surface area contributed by atoms with Gasteiger partial charge in [-0.2, -0.15) is 13.2 Å². The summed E-state index contributed by atoms with van der Waals surface area (Å²) >= 11 is 0. The number of hydrogen-bond acceptors (Lipinski definition) is 2. The molecule has 1 aliphatic heterocycles. The van der Waals surface area contributed by atoms with Crippen LogP contribution in [-0.2, 0) is 4.74 Å². The van der Waals surface area contributed by atoms with Crippen LogP contribution in [0.25, 0.3) is 0 Å². The molecule has 1 aliphatic rings. The molecule has 15 heavy (non-hydrogen) atoms. The van der Waals surface area contributed by atoms with Crippen LogP contribution in [0.2, 0.25) is 0 Å². The molecule has 0 aromatic carbocycles. The second kappa shape index (κ2) is 3.90. The highest BCUT2D eigenvalue weighted by Crippen LogP contribution is 2.29. The molecule has 88 valence electrons. The molecule has 1 heterocycles. The van der Waals surface area contributed by atoms with E-state index in [0.717, 1.165) is 6.42 Å². The van der Waals surface area contributed by atoms with Gasteiger partial charge in [-0.05, 0) is 11.8 Å². The molecule has 0 atom stereocenters. The highest BCUT2D eigenvalue weighted by molar-refractivity contribution is 5.68. The first kappa shape index (κ1) is 12.1. The minimum Gasteiger partial charge on any atom is -0.440 e. The smallest absolute Gasteiger partial charge is 0.422 e. The quantitative estimate of drug-likeness (QED) is 0.685. The zero-order valence-corrected chi connectivity index (χ0v) is 8.73. The Morgan fingerprint density at radius 1 is 1.47 bits per heavy atom. The summed E-state index contributed by atoms with van der Waals surface area (Å²) in [6.07, 6.45) is -4.54.